The van der Waals surface area contributed by atoms with E-state index in [1.807, 2.05) is 0 Å². The minimum atomic E-state index is -4.29. The molecule has 3 N–H and O–H groups in total. The number of aromatic nitrogens is 2. The average molecular weight is 600 g/mol. The molecule has 15 heteroatoms. The number of nitrogens with zero attached hydrogens (tertiary/aromatic N) is 2. The first kappa shape index (κ1) is 26.8. The van der Waals surface area contributed by atoms with Gasteiger partial charge in [0.1, 0.15) is 15.9 Å². The van der Waals surface area contributed by atoms with Gasteiger partial charge >= 0.3 is 5.97 Å². The summed E-state index contributed by atoms with van der Waals surface area (Å²) in [7, 11) is -4.29. The Morgan fingerprint density at radius 2 is 1.70 bits per heavy atom. The smallest absolute Gasteiger partial charge is 0.334 e. The molecule has 0 bridgehead atoms. The third-order valence-electron chi connectivity index (χ3n) is 5.00. The average Bonchev–Trinajstić information content (AvgIpc) is 3.32. The van der Waals surface area contributed by atoms with E-state index in [1.165, 1.54) is 48.5 Å². The van der Waals surface area contributed by atoms with Crippen LogP contribution in [0.5, 0.6) is 0 Å². The summed E-state index contributed by atoms with van der Waals surface area (Å²) in [4.78, 5) is 37.6. The van der Waals surface area contributed by atoms with Gasteiger partial charge in [0.15, 0.2) is 11.8 Å². The van der Waals surface area contributed by atoms with Crippen molar-refractivity contribution >= 4 is 90.9 Å². The molecule has 0 aliphatic heterocycles. The van der Waals surface area contributed by atoms with Gasteiger partial charge in [-0.25, -0.2) is 13.2 Å². The molecule has 0 spiro atoms. The second-order valence-corrected chi connectivity index (χ2v) is 10.9. The van der Waals surface area contributed by atoms with E-state index in [1.54, 1.807) is 6.07 Å². The van der Waals surface area contributed by atoms with Gasteiger partial charge in [0.25, 0.3) is 15.9 Å². The Morgan fingerprint density at radius 1 is 0.946 bits per heavy atom. The minimum Gasteiger partial charge on any atom is -0.479 e. The fraction of sp³-hybridized carbons (Fsp3) is 0.0455. The first-order valence-electron chi connectivity index (χ1n) is 10.0. The predicted molar refractivity (Wildman–Crippen MR) is 139 cm³/mol. The number of hydrogen-bond acceptors (Lipinski definition) is 8. The van der Waals surface area contributed by atoms with E-state index in [0.29, 0.717) is 5.52 Å². The van der Waals surface area contributed by atoms with Crippen molar-refractivity contribution in [1.82, 2.24) is 14.1 Å². The van der Waals surface area contributed by atoms with Gasteiger partial charge in [-0.05, 0) is 48.5 Å². The standard InChI is InChI=1S/C22H13Cl3N4O6S2/c23-11-5-6-12(16(9-11)29-37(34,35)17-3-1-2-15-18(17)28-36-27-15)21(31)26-19(22(32)33)20(30)10-4-7-13(24)14(25)8-10/h1-9,19,29H,(H,26,31)(H,32,33). The number of aliphatic carboxylic acids is 1. The first-order chi connectivity index (χ1) is 17.5. The van der Waals surface area contributed by atoms with E-state index in [2.05, 4.69) is 18.8 Å². The van der Waals surface area contributed by atoms with Crippen LogP contribution in [0, 0.1) is 0 Å². The number of carboxylic acid groups (broad SMARTS) is 1. The van der Waals surface area contributed by atoms with Gasteiger partial charge in [-0.15, -0.1) is 0 Å². The highest BCUT2D eigenvalue weighted by Crippen LogP contribution is 2.28. The van der Waals surface area contributed by atoms with Gasteiger partial charge in [-0.3, -0.25) is 14.3 Å². The molecule has 1 aromatic heterocycles. The van der Waals surface area contributed by atoms with Gasteiger partial charge in [-0.1, -0.05) is 40.9 Å². The summed E-state index contributed by atoms with van der Waals surface area (Å²) < 4.78 is 36.6. The number of fused-ring (bicyclic) bond motifs is 1. The van der Waals surface area contributed by atoms with Crippen LogP contribution in [0.4, 0.5) is 5.69 Å². The van der Waals surface area contributed by atoms with E-state index < -0.39 is 33.7 Å². The van der Waals surface area contributed by atoms with Crippen molar-refractivity contribution in [3.8, 4) is 0 Å². The van der Waals surface area contributed by atoms with E-state index >= 15 is 0 Å². The summed E-state index contributed by atoms with van der Waals surface area (Å²) in [6.45, 7) is 0. The molecule has 37 heavy (non-hydrogen) atoms. The number of nitrogens with one attached hydrogen (secondary N) is 2. The third-order valence-corrected chi connectivity index (χ3v) is 7.91. The zero-order chi connectivity index (χ0) is 26.9. The lowest BCUT2D eigenvalue weighted by molar-refractivity contribution is -0.137. The molecule has 190 valence electrons. The molecule has 10 nitrogen and oxygen atoms in total. The number of rotatable bonds is 8. The Morgan fingerprint density at radius 3 is 2.41 bits per heavy atom. The maximum atomic E-state index is 13.2. The Balaban J connectivity index is 1.66. The first-order valence-corrected chi connectivity index (χ1v) is 13.4. The van der Waals surface area contributed by atoms with Crippen LogP contribution in [0.25, 0.3) is 11.0 Å². The van der Waals surface area contributed by atoms with Crippen molar-refractivity contribution in [2.75, 3.05) is 4.72 Å². The molecule has 1 unspecified atom stereocenters. The highest BCUT2D eigenvalue weighted by atomic mass is 35.5. The summed E-state index contributed by atoms with van der Waals surface area (Å²) in [6.07, 6.45) is 0. The molecular weight excluding hydrogens is 587 g/mol. The van der Waals surface area contributed by atoms with Crippen molar-refractivity contribution in [3.05, 3.63) is 80.8 Å². The fourth-order valence-corrected chi connectivity index (χ4v) is 5.57. The van der Waals surface area contributed by atoms with E-state index in [-0.39, 0.29) is 42.3 Å². The number of benzene rings is 3. The molecule has 4 aromatic rings. The number of amides is 1. The Hall–Kier alpha value is -3.29. The molecule has 0 saturated heterocycles. The summed E-state index contributed by atoms with van der Waals surface area (Å²) in [5, 5.41) is 12.0. The van der Waals surface area contributed by atoms with Crippen molar-refractivity contribution < 1.29 is 27.9 Å². The fourth-order valence-electron chi connectivity index (χ4n) is 3.26. The molecule has 1 atom stereocenters. The molecule has 0 saturated carbocycles. The van der Waals surface area contributed by atoms with Crippen LogP contribution in [0.2, 0.25) is 15.1 Å². The molecule has 0 radical (unpaired) electrons. The number of halogens is 3. The van der Waals surface area contributed by atoms with Crippen molar-refractivity contribution in [1.29, 1.82) is 0 Å². The lowest BCUT2D eigenvalue weighted by Crippen LogP contribution is -2.46. The highest BCUT2D eigenvalue weighted by molar-refractivity contribution is 7.93. The largest absolute Gasteiger partial charge is 0.479 e. The number of Topliss-reactive ketones (excluding diaryl/α,β-unsaturated/α-hetero) is 1. The van der Waals surface area contributed by atoms with Gasteiger partial charge in [0, 0.05) is 10.6 Å². The highest BCUT2D eigenvalue weighted by Gasteiger charge is 2.31. The van der Waals surface area contributed by atoms with Crippen LogP contribution in [-0.4, -0.2) is 46.0 Å². The number of carboxylic acids is 1. The number of hydrogen-bond donors (Lipinski definition) is 3. The van der Waals surface area contributed by atoms with Crippen LogP contribution in [0.15, 0.2) is 59.5 Å². The Labute approximate surface area is 228 Å². The minimum absolute atomic E-state index is 0.0164. The third kappa shape index (κ3) is 5.68. The summed E-state index contributed by atoms with van der Waals surface area (Å²) in [6, 6.07) is 9.76. The summed E-state index contributed by atoms with van der Waals surface area (Å²) in [5.74, 6) is -3.68. The molecule has 1 amide bonds. The molecule has 0 aliphatic carbocycles. The second kappa shape index (κ2) is 10.6. The van der Waals surface area contributed by atoms with Crippen LogP contribution < -0.4 is 10.0 Å². The molecular formula is C22H13Cl3N4O6S2. The maximum absolute atomic E-state index is 13.2. The lowest BCUT2D eigenvalue weighted by Gasteiger charge is -2.17. The Bertz CT molecular complexity index is 1680. The molecule has 4 rings (SSSR count). The van der Waals surface area contributed by atoms with Crippen LogP contribution in [0.1, 0.15) is 20.7 Å². The summed E-state index contributed by atoms with van der Waals surface area (Å²) in [5.41, 5.74) is -0.154. The topological polar surface area (TPSA) is 155 Å². The van der Waals surface area contributed by atoms with Crippen molar-refractivity contribution in [2.24, 2.45) is 0 Å². The molecule has 3 aromatic carbocycles. The van der Waals surface area contributed by atoms with Gasteiger partial charge < -0.3 is 10.4 Å². The number of sulfonamides is 1. The SMILES string of the molecule is O=C(NC(C(=O)O)C(=O)c1ccc(Cl)c(Cl)c1)c1ccc(Cl)cc1NS(=O)(=O)c1cccc2nsnc12. The van der Waals surface area contributed by atoms with E-state index in [0.717, 1.165) is 11.7 Å². The number of carbonyl (C=O) groups is 3. The molecule has 0 fully saturated rings. The normalized spacial score (nSPS) is 12.2. The predicted octanol–water partition coefficient (Wildman–Crippen LogP) is 4.52. The molecule has 0 aliphatic rings. The van der Waals surface area contributed by atoms with E-state index in [4.69, 9.17) is 34.8 Å². The second-order valence-electron chi connectivity index (χ2n) is 7.42. The molecule has 1 heterocycles. The maximum Gasteiger partial charge on any atom is 0.334 e. The van der Waals surface area contributed by atoms with Crippen LogP contribution >= 0.6 is 46.5 Å². The van der Waals surface area contributed by atoms with Gasteiger partial charge in [0.2, 0.25) is 0 Å². The lowest BCUT2D eigenvalue weighted by atomic mass is 10.0. The number of ketones is 1. The monoisotopic (exact) mass is 598 g/mol. The quantitative estimate of drug-likeness (QED) is 0.197. The number of anilines is 1. The Kier molecular flexibility index (Phi) is 7.67. The zero-order valence-corrected chi connectivity index (χ0v) is 22.0. The van der Waals surface area contributed by atoms with Crippen molar-refractivity contribution in [2.45, 2.75) is 10.9 Å². The number of carbonyl (C=O) groups excluding carboxylic acids is 2. The van der Waals surface area contributed by atoms with Gasteiger partial charge in [-0.2, -0.15) is 8.75 Å². The summed E-state index contributed by atoms with van der Waals surface area (Å²) >= 11 is 18.6. The van der Waals surface area contributed by atoms with E-state index in [9.17, 15) is 27.9 Å². The zero-order valence-electron chi connectivity index (χ0n) is 18.1. The van der Waals surface area contributed by atoms with Crippen LogP contribution in [0.3, 0.4) is 0 Å². The van der Waals surface area contributed by atoms with Gasteiger partial charge in [0.05, 0.1) is 33.0 Å². The van der Waals surface area contributed by atoms with Crippen LogP contribution in [-0.2, 0) is 14.8 Å². The van der Waals surface area contributed by atoms with Crippen molar-refractivity contribution in [3.63, 3.8) is 0 Å².